The summed E-state index contributed by atoms with van der Waals surface area (Å²) in [6, 6.07) is 7.17. The van der Waals surface area contributed by atoms with Crippen LogP contribution in [0.1, 0.15) is 26.2 Å². The third-order valence-corrected chi connectivity index (χ3v) is 3.49. The number of amides is 2. The molecule has 0 unspecified atom stereocenters. The Morgan fingerprint density at radius 1 is 1.29 bits per heavy atom. The van der Waals surface area contributed by atoms with E-state index in [9.17, 15) is 9.59 Å². The Morgan fingerprint density at radius 2 is 2.08 bits per heavy atom. The van der Waals surface area contributed by atoms with E-state index in [0.717, 1.165) is 25.2 Å². The molecule has 132 valence electrons. The molecule has 1 aromatic carbocycles. The fraction of sp³-hybridized carbons (Fsp3) is 0.529. The zero-order valence-corrected chi connectivity index (χ0v) is 13.9. The van der Waals surface area contributed by atoms with Crippen LogP contribution in [0.25, 0.3) is 0 Å². The molecule has 0 spiro atoms. The monoisotopic (exact) mass is 336 g/mol. The summed E-state index contributed by atoms with van der Waals surface area (Å²) in [5, 5.41) is 5.26. The third-order valence-electron chi connectivity index (χ3n) is 3.49. The lowest BCUT2D eigenvalue weighted by molar-refractivity contribution is -0.116. The number of ether oxygens (including phenoxy) is 3. The highest BCUT2D eigenvalue weighted by molar-refractivity contribution is 5.91. The van der Waals surface area contributed by atoms with Gasteiger partial charge >= 0.3 is 6.09 Å². The maximum absolute atomic E-state index is 11.8. The van der Waals surface area contributed by atoms with Crippen LogP contribution in [0.5, 0.6) is 5.75 Å². The van der Waals surface area contributed by atoms with Crippen LogP contribution in [0.15, 0.2) is 24.3 Å². The molecule has 1 fully saturated rings. The summed E-state index contributed by atoms with van der Waals surface area (Å²) >= 11 is 0. The van der Waals surface area contributed by atoms with Crippen LogP contribution in [0.3, 0.4) is 0 Å². The maximum Gasteiger partial charge on any atom is 0.407 e. The van der Waals surface area contributed by atoms with E-state index in [0.29, 0.717) is 18.9 Å². The smallest absolute Gasteiger partial charge is 0.407 e. The molecule has 1 heterocycles. The molecule has 0 aliphatic carbocycles. The first-order valence-corrected chi connectivity index (χ1v) is 8.22. The summed E-state index contributed by atoms with van der Waals surface area (Å²) in [7, 11) is 0. The summed E-state index contributed by atoms with van der Waals surface area (Å²) in [6.45, 7) is 3.61. The van der Waals surface area contributed by atoms with Crippen molar-refractivity contribution in [1.29, 1.82) is 0 Å². The zero-order valence-electron chi connectivity index (χ0n) is 13.9. The van der Waals surface area contributed by atoms with Crippen molar-refractivity contribution >= 4 is 17.7 Å². The minimum Gasteiger partial charge on any atom is -0.491 e. The molecule has 7 heteroatoms. The molecule has 1 aliphatic heterocycles. The molecule has 24 heavy (non-hydrogen) atoms. The number of carbonyl (C=O) groups is 2. The number of carbonyl (C=O) groups excluding carboxylic acids is 2. The summed E-state index contributed by atoms with van der Waals surface area (Å²) in [6.07, 6.45) is 1.96. The first-order valence-electron chi connectivity index (χ1n) is 8.22. The van der Waals surface area contributed by atoms with Gasteiger partial charge in [0.05, 0.1) is 12.7 Å². The molecule has 2 amide bonds. The van der Waals surface area contributed by atoms with Gasteiger partial charge in [0.25, 0.3) is 0 Å². The van der Waals surface area contributed by atoms with Crippen LogP contribution in [-0.2, 0) is 14.3 Å². The molecule has 1 saturated heterocycles. The highest BCUT2D eigenvalue weighted by Crippen LogP contribution is 2.18. The topological polar surface area (TPSA) is 85.9 Å². The Balaban J connectivity index is 1.66. The number of hydrogen-bond acceptors (Lipinski definition) is 5. The lowest BCUT2D eigenvalue weighted by Crippen LogP contribution is -2.28. The number of nitrogens with one attached hydrogen (secondary N) is 2. The summed E-state index contributed by atoms with van der Waals surface area (Å²) < 4.78 is 15.9. The summed E-state index contributed by atoms with van der Waals surface area (Å²) in [5.74, 6) is 0.562. The van der Waals surface area contributed by atoms with Crippen molar-refractivity contribution in [3.8, 4) is 5.75 Å². The largest absolute Gasteiger partial charge is 0.491 e. The second kappa shape index (κ2) is 9.77. The molecule has 1 atom stereocenters. The molecular formula is C17H24N2O5. The molecule has 1 aromatic rings. The first-order chi connectivity index (χ1) is 11.7. The Morgan fingerprint density at radius 3 is 2.75 bits per heavy atom. The average Bonchev–Trinajstić information content (AvgIpc) is 3.08. The molecule has 2 rings (SSSR count). The summed E-state index contributed by atoms with van der Waals surface area (Å²) in [4.78, 5) is 22.9. The standard InChI is InChI=1S/C17H24N2O5/c1-2-22-17(21)18-10-9-16(20)19-13-5-7-14(8-6-13)24-12-15-4-3-11-23-15/h5-8,15H,2-4,9-12H2,1H3,(H,18,21)(H,19,20)/t15-/m0/s1. The van der Waals surface area contributed by atoms with Crippen molar-refractivity contribution in [2.75, 3.05) is 31.7 Å². The predicted molar refractivity (Wildman–Crippen MR) is 89.2 cm³/mol. The van der Waals surface area contributed by atoms with Crippen LogP contribution in [-0.4, -0.2) is 44.5 Å². The van der Waals surface area contributed by atoms with Gasteiger partial charge in [-0.05, 0) is 44.0 Å². The SMILES string of the molecule is CCOC(=O)NCCC(=O)Nc1ccc(OC[C@@H]2CCCO2)cc1. The van der Waals surface area contributed by atoms with Crippen molar-refractivity contribution < 1.29 is 23.8 Å². The molecule has 0 aromatic heterocycles. The van der Waals surface area contributed by atoms with Crippen molar-refractivity contribution in [3.05, 3.63) is 24.3 Å². The quantitative estimate of drug-likeness (QED) is 0.761. The van der Waals surface area contributed by atoms with Crippen LogP contribution in [0.2, 0.25) is 0 Å². The van der Waals surface area contributed by atoms with E-state index < -0.39 is 6.09 Å². The molecule has 1 aliphatic rings. The Bertz CT molecular complexity index is 526. The lowest BCUT2D eigenvalue weighted by atomic mass is 10.2. The van der Waals surface area contributed by atoms with E-state index in [4.69, 9.17) is 14.2 Å². The second-order valence-electron chi connectivity index (χ2n) is 5.42. The first kappa shape index (κ1) is 18.1. The number of benzene rings is 1. The average molecular weight is 336 g/mol. The fourth-order valence-electron chi connectivity index (χ4n) is 2.28. The molecular weight excluding hydrogens is 312 g/mol. The number of anilines is 1. The molecule has 2 N–H and O–H groups in total. The Kier molecular flexibility index (Phi) is 7.35. The van der Waals surface area contributed by atoms with Crippen LogP contribution in [0.4, 0.5) is 10.5 Å². The lowest BCUT2D eigenvalue weighted by Gasteiger charge is -2.12. The number of rotatable bonds is 8. The Labute approximate surface area is 141 Å². The van der Waals surface area contributed by atoms with Crippen LogP contribution < -0.4 is 15.4 Å². The van der Waals surface area contributed by atoms with Gasteiger partial charge in [0.15, 0.2) is 0 Å². The highest BCUT2D eigenvalue weighted by atomic mass is 16.5. The van der Waals surface area contributed by atoms with E-state index in [2.05, 4.69) is 10.6 Å². The van der Waals surface area contributed by atoms with Crippen LogP contribution in [0, 0.1) is 0 Å². The van der Waals surface area contributed by atoms with E-state index >= 15 is 0 Å². The van der Waals surface area contributed by atoms with Gasteiger partial charge in [0.2, 0.25) is 5.91 Å². The van der Waals surface area contributed by atoms with Crippen LogP contribution >= 0.6 is 0 Å². The van der Waals surface area contributed by atoms with E-state index in [-0.39, 0.29) is 25.0 Å². The normalized spacial score (nSPS) is 16.5. The Hall–Kier alpha value is -2.28. The maximum atomic E-state index is 11.8. The molecule has 0 radical (unpaired) electrons. The molecule has 0 saturated carbocycles. The third kappa shape index (κ3) is 6.45. The summed E-state index contributed by atoms with van der Waals surface area (Å²) in [5.41, 5.74) is 0.681. The van der Waals surface area contributed by atoms with E-state index in [1.165, 1.54) is 0 Å². The van der Waals surface area contributed by atoms with E-state index in [1.807, 2.05) is 0 Å². The highest BCUT2D eigenvalue weighted by Gasteiger charge is 2.15. The van der Waals surface area contributed by atoms with Crippen molar-refractivity contribution in [1.82, 2.24) is 5.32 Å². The fourth-order valence-corrected chi connectivity index (χ4v) is 2.28. The minimum atomic E-state index is -0.516. The molecule has 0 bridgehead atoms. The predicted octanol–water partition coefficient (Wildman–Crippen LogP) is 2.32. The number of hydrogen-bond donors (Lipinski definition) is 2. The van der Waals surface area contributed by atoms with Crippen molar-refractivity contribution in [2.45, 2.75) is 32.3 Å². The van der Waals surface area contributed by atoms with Gasteiger partial charge in [-0.2, -0.15) is 0 Å². The van der Waals surface area contributed by atoms with E-state index in [1.54, 1.807) is 31.2 Å². The number of alkyl carbamates (subject to hydrolysis) is 1. The molecule has 7 nitrogen and oxygen atoms in total. The van der Waals surface area contributed by atoms with Gasteiger partial charge in [-0.3, -0.25) is 4.79 Å². The van der Waals surface area contributed by atoms with Gasteiger partial charge in [-0.1, -0.05) is 0 Å². The van der Waals surface area contributed by atoms with Gasteiger partial charge in [-0.25, -0.2) is 4.79 Å². The second-order valence-corrected chi connectivity index (χ2v) is 5.42. The zero-order chi connectivity index (χ0) is 17.2. The van der Waals surface area contributed by atoms with Crippen molar-refractivity contribution in [3.63, 3.8) is 0 Å². The van der Waals surface area contributed by atoms with Gasteiger partial charge in [0.1, 0.15) is 12.4 Å². The van der Waals surface area contributed by atoms with Gasteiger partial charge in [-0.15, -0.1) is 0 Å². The van der Waals surface area contributed by atoms with Gasteiger partial charge < -0.3 is 24.8 Å². The minimum absolute atomic E-state index is 0.177. The van der Waals surface area contributed by atoms with Gasteiger partial charge in [0, 0.05) is 25.3 Å². The van der Waals surface area contributed by atoms with Crippen molar-refractivity contribution in [2.24, 2.45) is 0 Å².